The molecule has 2 aromatic heterocycles. The maximum Gasteiger partial charge on any atom is 0.173 e. The largest absolute Gasteiger partial charge is 0.293 e. The molecule has 1 saturated carbocycles. The summed E-state index contributed by atoms with van der Waals surface area (Å²) < 4.78 is 15.1. The fourth-order valence-electron chi connectivity index (χ4n) is 6.12. The number of benzene rings is 1. The van der Waals surface area contributed by atoms with Gasteiger partial charge in [0.1, 0.15) is 11.9 Å². The van der Waals surface area contributed by atoms with Crippen molar-refractivity contribution in [1.82, 2.24) is 15.0 Å². The molecule has 5 nitrogen and oxygen atoms in total. The van der Waals surface area contributed by atoms with Gasteiger partial charge in [0.15, 0.2) is 11.6 Å². The van der Waals surface area contributed by atoms with Gasteiger partial charge >= 0.3 is 0 Å². The third-order valence-electron chi connectivity index (χ3n) is 8.00. The topological polar surface area (TPSA) is 79.5 Å². The zero-order valence-corrected chi connectivity index (χ0v) is 20.3. The maximum atomic E-state index is 15.1. The van der Waals surface area contributed by atoms with E-state index in [0.29, 0.717) is 35.8 Å². The van der Waals surface area contributed by atoms with Gasteiger partial charge in [-0.25, -0.2) is 14.4 Å². The van der Waals surface area contributed by atoms with E-state index < -0.39 is 5.41 Å². The number of halogens is 1. The van der Waals surface area contributed by atoms with Gasteiger partial charge in [0.05, 0.1) is 17.0 Å². The maximum absolute atomic E-state index is 15.1. The summed E-state index contributed by atoms with van der Waals surface area (Å²) in [5.41, 5.74) is 4.38. The smallest absolute Gasteiger partial charge is 0.173 e. The van der Waals surface area contributed by atoms with E-state index in [-0.39, 0.29) is 23.1 Å². The van der Waals surface area contributed by atoms with Gasteiger partial charge < -0.3 is 0 Å². The number of Topliss-reactive ketones (excluding diaryl/α,β-unsaturated/α-hetero) is 1. The second-order valence-corrected chi connectivity index (χ2v) is 10.3. The van der Waals surface area contributed by atoms with E-state index in [9.17, 15) is 10.1 Å². The van der Waals surface area contributed by atoms with Gasteiger partial charge in [-0.2, -0.15) is 5.26 Å². The van der Waals surface area contributed by atoms with E-state index in [1.807, 2.05) is 18.2 Å². The van der Waals surface area contributed by atoms with Crippen molar-refractivity contribution in [1.29, 1.82) is 5.26 Å². The minimum Gasteiger partial charge on any atom is -0.293 e. The van der Waals surface area contributed by atoms with E-state index in [1.54, 1.807) is 18.3 Å². The molecule has 0 radical (unpaired) electrons. The van der Waals surface area contributed by atoms with E-state index in [1.165, 1.54) is 6.07 Å². The first kappa shape index (κ1) is 22.7. The summed E-state index contributed by atoms with van der Waals surface area (Å²) in [6.07, 6.45) is 9.36. The lowest BCUT2D eigenvalue weighted by Gasteiger charge is -2.45. The monoisotopic (exact) mass is 478 g/mol. The molecule has 1 aromatic carbocycles. The molecule has 180 valence electrons. The normalized spacial score (nSPS) is 22.9. The second-order valence-electron chi connectivity index (χ2n) is 10.3. The first-order valence-electron chi connectivity index (χ1n) is 12.8. The van der Waals surface area contributed by atoms with Crippen LogP contribution in [0.2, 0.25) is 0 Å². The molecule has 6 rings (SSSR count). The summed E-state index contributed by atoms with van der Waals surface area (Å²) in [4.78, 5) is 27.4. The van der Waals surface area contributed by atoms with Gasteiger partial charge in [0.25, 0.3) is 0 Å². The highest BCUT2D eigenvalue weighted by atomic mass is 19.1. The predicted molar refractivity (Wildman–Crippen MR) is 134 cm³/mol. The van der Waals surface area contributed by atoms with Gasteiger partial charge in [-0.3, -0.25) is 9.78 Å². The number of pyridine rings is 1. The summed E-state index contributed by atoms with van der Waals surface area (Å²) in [5.74, 6) is 0.664. The summed E-state index contributed by atoms with van der Waals surface area (Å²) in [6, 6.07) is 12.8. The molecule has 3 aliphatic rings. The van der Waals surface area contributed by atoms with Gasteiger partial charge in [-0.15, -0.1) is 0 Å². The van der Waals surface area contributed by atoms with Crippen molar-refractivity contribution in [3.8, 4) is 28.7 Å². The number of hydrogen-bond acceptors (Lipinski definition) is 5. The lowest BCUT2D eigenvalue weighted by molar-refractivity contribution is -0.117. The van der Waals surface area contributed by atoms with Crippen LogP contribution in [0.5, 0.6) is 0 Å². The van der Waals surface area contributed by atoms with Crippen LogP contribution >= 0.6 is 0 Å². The van der Waals surface area contributed by atoms with Crippen molar-refractivity contribution in [3.05, 3.63) is 77.0 Å². The van der Waals surface area contributed by atoms with Crippen molar-refractivity contribution in [2.24, 2.45) is 5.92 Å². The molecule has 2 heterocycles. The Morgan fingerprint density at radius 3 is 2.75 bits per heavy atom. The van der Waals surface area contributed by atoms with E-state index in [4.69, 9.17) is 9.97 Å². The standard InChI is InChI=1S/C30H27FN4O/c1-2-12-30-16-20(17-32)26(36)15-21(30)9-10-23-27(22-5-3-4-6-24(22)31)34-29(35-28(23)30)19-11-13-33-25(14-19)18-7-8-18/h3-6,11,13-14,16,18,21H,2,7-10,12,15H2,1H3/t21-,30-/m1/s1. The fraction of sp³-hybridized carbons (Fsp3) is 0.367. The number of aromatic nitrogens is 3. The molecule has 2 atom stereocenters. The minimum absolute atomic E-state index is 0.0604. The summed E-state index contributed by atoms with van der Waals surface area (Å²) >= 11 is 0. The van der Waals surface area contributed by atoms with E-state index >= 15 is 4.39 Å². The Kier molecular flexibility index (Phi) is 5.52. The first-order chi connectivity index (χ1) is 17.5. The third kappa shape index (κ3) is 3.65. The lowest BCUT2D eigenvalue weighted by Crippen LogP contribution is -2.43. The molecule has 0 N–H and O–H groups in total. The van der Waals surface area contributed by atoms with Crippen molar-refractivity contribution >= 4 is 5.78 Å². The summed E-state index contributed by atoms with van der Waals surface area (Å²) in [6.45, 7) is 2.11. The summed E-state index contributed by atoms with van der Waals surface area (Å²) in [7, 11) is 0. The molecule has 0 bridgehead atoms. The van der Waals surface area contributed by atoms with Crippen LogP contribution in [-0.2, 0) is 16.6 Å². The number of hydrogen-bond donors (Lipinski definition) is 0. The van der Waals surface area contributed by atoms with Gasteiger partial charge in [-0.05, 0) is 62.3 Å². The Morgan fingerprint density at radius 2 is 2.00 bits per heavy atom. The first-order valence-corrected chi connectivity index (χ1v) is 12.8. The molecule has 0 unspecified atom stereocenters. The lowest BCUT2D eigenvalue weighted by atomic mass is 9.58. The molecular formula is C30H27FN4O. The van der Waals surface area contributed by atoms with Crippen molar-refractivity contribution in [3.63, 3.8) is 0 Å². The zero-order chi connectivity index (χ0) is 24.9. The van der Waals surface area contributed by atoms with Crippen LogP contribution in [0.15, 0.2) is 54.2 Å². The highest BCUT2D eigenvalue weighted by Gasteiger charge is 2.48. The number of nitriles is 1. The predicted octanol–water partition coefficient (Wildman–Crippen LogP) is 6.25. The number of fused-ring (bicyclic) bond motifs is 3. The number of carbonyl (C=O) groups excluding carboxylic acids is 1. The van der Waals surface area contributed by atoms with E-state index in [2.05, 4.69) is 24.0 Å². The Hall–Kier alpha value is -3.72. The van der Waals surface area contributed by atoms with Crippen LogP contribution in [-0.4, -0.2) is 20.7 Å². The average molecular weight is 479 g/mol. The van der Waals surface area contributed by atoms with Crippen LogP contribution < -0.4 is 0 Å². The van der Waals surface area contributed by atoms with Crippen molar-refractivity contribution in [2.45, 2.75) is 63.2 Å². The van der Waals surface area contributed by atoms with Crippen LogP contribution in [0.1, 0.15) is 68.3 Å². The Morgan fingerprint density at radius 1 is 1.17 bits per heavy atom. The number of nitrogens with zero attached hydrogens (tertiary/aromatic N) is 4. The quantitative estimate of drug-likeness (QED) is 0.433. The Labute approximate surface area is 210 Å². The van der Waals surface area contributed by atoms with Gasteiger partial charge in [0, 0.05) is 46.3 Å². The summed E-state index contributed by atoms with van der Waals surface area (Å²) in [5, 5.41) is 9.74. The molecule has 0 aliphatic heterocycles. The van der Waals surface area contributed by atoms with Crippen molar-refractivity contribution < 1.29 is 9.18 Å². The molecule has 6 heteroatoms. The van der Waals surface area contributed by atoms with Crippen LogP contribution in [0, 0.1) is 23.1 Å². The number of rotatable bonds is 5. The zero-order valence-electron chi connectivity index (χ0n) is 20.3. The number of allylic oxidation sites excluding steroid dienone is 2. The molecule has 0 amide bonds. The average Bonchev–Trinajstić information content (AvgIpc) is 3.74. The van der Waals surface area contributed by atoms with Gasteiger partial charge in [-0.1, -0.05) is 31.6 Å². The van der Waals surface area contributed by atoms with Crippen LogP contribution in [0.25, 0.3) is 22.6 Å². The Balaban J connectivity index is 1.64. The molecule has 36 heavy (non-hydrogen) atoms. The molecule has 0 saturated heterocycles. The molecule has 3 aliphatic carbocycles. The van der Waals surface area contributed by atoms with Crippen molar-refractivity contribution in [2.75, 3.05) is 0 Å². The molecule has 0 spiro atoms. The number of ketones is 1. The van der Waals surface area contributed by atoms with Crippen LogP contribution in [0.3, 0.4) is 0 Å². The third-order valence-corrected chi connectivity index (χ3v) is 8.00. The molecule has 3 aromatic rings. The minimum atomic E-state index is -0.550. The number of carbonyl (C=O) groups is 1. The second kappa shape index (κ2) is 8.74. The molecule has 1 fully saturated rings. The molecular weight excluding hydrogens is 451 g/mol. The fourth-order valence-corrected chi connectivity index (χ4v) is 6.12. The Bertz CT molecular complexity index is 1450. The highest BCUT2D eigenvalue weighted by Crippen LogP contribution is 2.52. The van der Waals surface area contributed by atoms with Gasteiger partial charge in [0.2, 0.25) is 0 Å². The van der Waals surface area contributed by atoms with E-state index in [0.717, 1.165) is 54.6 Å². The van der Waals surface area contributed by atoms with Crippen LogP contribution in [0.4, 0.5) is 4.39 Å². The highest BCUT2D eigenvalue weighted by molar-refractivity contribution is 6.00. The SMILES string of the molecule is CCC[C@@]12C=C(C#N)C(=O)C[C@H]1CCc1c(-c3ccccc3F)nc(-c3ccnc(C4CC4)c3)nc12.